The lowest BCUT2D eigenvalue weighted by molar-refractivity contribution is 0.567. The molecule has 0 bridgehead atoms. The van der Waals surface area contributed by atoms with Crippen molar-refractivity contribution in [3.05, 3.63) is 42.1 Å². The highest BCUT2D eigenvalue weighted by Crippen LogP contribution is 2.09. The summed E-state index contributed by atoms with van der Waals surface area (Å²) in [6.07, 6.45) is 2.18. The molecule has 12 heavy (non-hydrogen) atoms. The second kappa shape index (κ2) is 4.12. The fourth-order valence-electron chi connectivity index (χ4n) is 1.16. The van der Waals surface area contributed by atoms with Gasteiger partial charge in [-0.2, -0.15) is 0 Å². The number of rotatable bonds is 2. The Balaban J connectivity index is 2.85. The van der Waals surface area contributed by atoms with Gasteiger partial charge in [0.1, 0.15) is 0 Å². The summed E-state index contributed by atoms with van der Waals surface area (Å²) in [5, 5.41) is 1.43. The summed E-state index contributed by atoms with van der Waals surface area (Å²) in [5.74, 6) is 0. The van der Waals surface area contributed by atoms with Crippen LogP contribution in [0.4, 0.5) is 0 Å². The van der Waals surface area contributed by atoms with Crippen molar-refractivity contribution in [2.24, 2.45) is 0 Å². The van der Waals surface area contributed by atoms with Crippen LogP contribution in [0.2, 0.25) is 0 Å². The van der Waals surface area contributed by atoms with Gasteiger partial charge in [0.2, 0.25) is 0 Å². The van der Waals surface area contributed by atoms with Crippen LogP contribution in [0, 0.1) is 0 Å². The molecular weight excluding hydrogens is 162 g/mol. The van der Waals surface area contributed by atoms with Gasteiger partial charge in [0, 0.05) is 24.3 Å². The molecule has 0 radical (unpaired) electrons. The second-order valence-corrected chi connectivity index (χ2v) is 4.22. The zero-order valence-electron chi connectivity index (χ0n) is 7.91. The molecule has 1 aromatic rings. The van der Waals surface area contributed by atoms with Crippen molar-refractivity contribution in [3.8, 4) is 0 Å². The molecule has 0 aliphatic heterocycles. The molecule has 0 aliphatic carbocycles. The molecule has 0 fully saturated rings. The summed E-state index contributed by atoms with van der Waals surface area (Å²) in [5.41, 5.74) is 1.35. The smallest absolute Gasteiger partial charge is 0.0411 e. The minimum atomic E-state index is 1.09. The fourth-order valence-corrected chi connectivity index (χ4v) is 2.01. The third-order valence-corrected chi connectivity index (χ3v) is 2.52. The lowest BCUT2D eigenvalue weighted by Gasteiger charge is -2.08. The average molecular weight is 177 g/mol. The highest BCUT2D eigenvalue weighted by atomic mass is 28.1. The summed E-state index contributed by atoms with van der Waals surface area (Å²) >= 11 is 0. The van der Waals surface area contributed by atoms with Crippen molar-refractivity contribution in [1.29, 1.82) is 0 Å². The van der Waals surface area contributed by atoms with Gasteiger partial charge in [0.25, 0.3) is 0 Å². The van der Waals surface area contributed by atoms with E-state index in [1.54, 1.807) is 0 Å². The molecule has 0 amide bonds. The van der Waals surface area contributed by atoms with Crippen molar-refractivity contribution >= 4 is 15.4 Å². The molecular formula is C10H15NSi. The van der Waals surface area contributed by atoms with Gasteiger partial charge in [0.05, 0.1) is 0 Å². The first kappa shape index (κ1) is 9.07. The van der Waals surface area contributed by atoms with Gasteiger partial charge in [-0.3, -0.25) is 0 Å². The van der Waals surface area contributed by atoms with Gasteiger partial charge in [-0.1, -0.05) is 30.3 Å². The molecule has 1 nitrogen and oxygen atoms in total. The number of hydrogen-bond donors (Lipinski definition) is 0. The Morgan fingerprint density at radius 2 is 1.83 bits per heavy atom. The van der Waals surface area contributed by atoms with Gasteiger partial charge >= 0.3 is 0 Å². The van der Waals surface area contributed by atoms with E-state index in [0.29, 0.717) is 0 Å². The Kier molecular flexibility index (Phi) is 3.11. The van der Waals surface area contributed by atoms with Crippen LogP contribution in [0.5, 0.6) is 0 Å². The van der Waals surface area contributed by atoms with Crippen LogP contribution in [0.3, 0.4) is 0 Å². The molecule has 2 heteroatoms. The van der Waals surface area contributed by atoms with Crippen molar-refractivity contribution < 1.29 is 0 Å². The van der Waals surface area contributed by atoms with E-state index in [0.717, 1.165) is 10.2 Å². The fraction of sp³-hybridized carbons (Fsp3) is 0.200. The Bertz CT molecular complexity index is 264. The number of benzene rings is 1. The van der Waals surface area contributed by atoms with Crippen LogP contribution in [-0.4, -0.2) is 29.2 Å². The molecule has 0 atom stereocenters. The topological polar surface area (TPSA) is 3.24 Å². The minimum absolute atomic E-state index is 1.09. The molecule has 1 aromatic carbocycles. The van der Waals surface area contributed by atoms with Gasteiger partial charge < -0.3 is 4.90 Å². The first-order valence-electron chi connectivity index (χ1n) is 4.10. The predicted molar refractivity (Wildman–Crippen MR) is 58.0 cm³/mol. The Morgan fingerprint density at radius 3 is 2.33 bits per heavy atom. The van der Waals surface area contributed by atoms with Crippen LogP contribution in [0.15, 0.2) is 36.5 Å². The van der Waals surface area contributed by atoms with Gasteiger partial charge in [-0.05, 0) is 17.0 Å². The predicted octanol–water partition coefficient (Wildman–Crippen LogP) is 0.912. The standard InChI is InChI=1S/C10H15NSi/c1-11(2)8-10(12)9-6-4-3-5-7-9/h3-8H,1-2,12H3. The van der Waals surface area contributed by atoms with Crippen LogP contribution in [-0.2, 0) is 0 Å². The lowest BCUT2D eigenvalue weighted by Crippen LogP contribution is -2.02. The SMILES string of the molecule is CN(C)C=C([SiH3])c1ccccc1. The van der Waals surface area contributed by atoms with Crippen LogP contribution >= 0.6 is 0 Å². The summed E-state index contributed by atoms with van der Waals surface area (Å²) < 4.78 is 0. The molecule has 0 unspecified atom stereocenters. The van der Waals surface area contributed by atoms with Crippen molar-refractivity contribution in [2.45, 2.75) is 0 Å². The van der Waals surface area contributed by atoms with Crippen molar-refractivity contribution in [2.75, 3.05) is 14.1 Å². The van der Waals surface area contributed by atoms with Crippen LogP contribution in [0.25, 0.3) is 5.20 Å². The molecule has 0 aromatic heterocycles. The van der Waals surface area contributed by atoms with Gasteiger partial charge in [-0.25, -0.2) is 0 Å². The van der Waals surface area contributed by atoms with Gasteiger partial charge in [0.15, 0.2) is 0 Å². The second-order valence-electron chi connectivity index (χ2n) is 3.14. The van der Waals surface area contributed by atoms with Crippen LogP contribution < -0.4 is 0 Å². The molecule has 1 rings (SSSR count). The number of nitrogens with zero attached hydrogens (tertiary/aromatic N) is 1. The summed E-state index contributed by atoms with van der Waals surface area (Å²) in [6, 6.07) is 10.5. The summed E-state index contributed by atoms with van der Waals surface area (Å²) in [6.45, 7) is 0. The zero-order chi connectivity index (χ0) is 8.97. The van der Waals surface area contributed by atoms with E-state index in [-0.39, 0.29) is 0 Å². The maximum absolute atomic E-state index is 2.18. The molecule has 0 saturated heterocycles. The van der Waals surface area contributed by atoms with E-state index in [2.05, 4.69) is 49.5 Å². The summed E-state index contributed by atoms with van der Waals surface area (Å²) in [7, 11) is 5.21. The maximum Gasteiger partial charge on any atom is 0.0411 e. The Labute approximate surface area is 77.1 Å². The van der Waals surface area contributed by atoms with E-state index in [4.69, 9.17) is 0 Å². The third kappa shape index (κ3) is 2.55. The molecule has 64 valence electrons. The summed E-state index contributed by atoms with van der Waals surface area (Å²) in [4.78, 5) is 2.09. The monoisotopic (exact) mass is 177 g/mol. The normalized spacial score (nSPS) is 11.7. The molecule has 0 N–H and O–H groups in total. The third-order valence-electron chi connectivity index (χ3n) is 1.68. The lowest BCUT2D eigenvalue weighted by atomic mass is 10.2. The first-order valence-corrected chi connectivity index (χ1v) is 5.10. The quantitative estimate of drug-likeness (QED) is 0.607. The highest BCUT2D eigenvalue weighted by Gasteiger charge is 1.92. The minimum Gasteiger partial charge on any atom is -0.384 e. The maximum atomic E-state index is 2.18. The van der Waals surface area contributed by atoms with Crippen molar-refractivity contribution in [3.63, 3.8) is 0 Å². The van der Waals surface area contributed by atoms with E-state index in [1.807, 2.05) is 6.07 Å². The highest BCUT2D eigenvalue weighted by molar-refractivity contribution is 6.42. The van der Waals surface area contributed by atoms with Gasteiger partial charge in [-0.15, -0.1) is 0 Å². The largest absolute Gasteiger partial charge is 0.384 e. The molecule has 0 spiro atoms. The Hall–Kier alpha value is -1.02. The van der Waals surface area contributed by atoms with E-state index in [9.17, 15) is 0 Å². The van der Waals surface area contributed by atoms with E-state index in [1.165, 1.54) is 10.8 Å². The van der Waals surface area contributed by atoms with Crippen molar-refractivity contribution in [1.82, 2.24) is 4.90 Å². The molecule has 0 saturated carbocycles. The van der Waals surface area contributed by atoms with E-state index < -0.39 is 0 Å². The first-order chi connectivity index (χ1) is 5.70. The molecule has 0 aliphatic rings. The average Bonchev–Trinajstić information content (AvgIpc) is 2.05. The molecule has 0 heterocycles. The van der Waals surface area contributed by atoms with Crippen LogP contribution in [0.1, 0.15) is 5.56 Å². The Morgan fingerprint density at radius 1 is 1.25 bits per heavy atom. The number of hydrogen-bond acceptors (Lipinski definition) is 1. The van der Waals surface area contributed by atoms with E-state index >= 15 is 0 Å². The zero-order valence-corrected chi connectivity index (χ0v) is 9.91.